The van der Waals surface area contributed by atoms with Crippen molar-refractivity contribution < 1.29 is 42.1 Å². The molecule has 1 saturated heterocycles. The average Bonchev–Trinajstić information content (AvgIpc) is 3.23. The number of likely N-dealkylation sites (tertiary alicyclic amines) is 1. The van der Waals surface area contributed by atoms with Gasteiger partial charge < -0.3 is 24.8 Å². The third-order valence-electron chi connectivity index (χ3n) is 5.44. The van der Waals surface area contributed by atoms with Crippen molar-refractivity contribution >= 4 is 23.0 Å². The van der Waals surface area contributed by atoms with Gasteiger partial charge in [0.2, 0.25) is 0 Å². The van der Waals surface area contributed by atoms with E-state index in [-0.39, 0.29) is 11.7 Å². The van der Waals surface area contributed by atoms with Crippen LogP contribution in [0.15, 0.2) is 42.5 Å². The second kappa shape index (κ2) is 10.8. The lowest BCUT2D eigenvalue weighted by molar-refractivity contribution is -0.159. The molecule has 0 bridgehead atoms. The van der Waals surface area contributed by atoms with Crippen LogP contribution >= 0.6 is 0 Å². The number of alkyl halides is 3. The lowest BCUT2D eigenvalue weighted by atomic mass is 10.0. The third kappa shape index (κ3) is 6.76. The fourth-order valence-electron chi connectivity index (χ4n) is 3.62. The number of hydrogen-bond donors (Lipinski definition) is 3. The predicted octanol–water partition coefficient (Wildman–Crippen LogP) is 4.08. The van der Waals surface area contributed by atoms with Crippen LogP contribution in [0.2, 0.25) is 0 Å². The summed E-state index contributed by atoms with van der Waals surface area (Å²) in [5, 5.41) is 14.8. The van der Waals surface area contributed by atoms with E-state index in [4.69, 9.17) is 24.5 Å². The minimum atomic E-state index is -4.57. The van der Waals surface area contributed by atoms with E-state index >= 15 is 0 Å². The second-order valence-corrected chi connectivity index (χ2v) is 8.00. The number of hydrogen-bond acceptors (Lipinski definition) is 5. The Morgan fingerprint density at radius 1 is 1.11 bits per heavy atom. The Kier molecular flexibility index (Phi) is 8.07. The van der Waals surface area contributed by atoms with Gasteiger partial charge >= 0.3 is 18.1 Å². The molecule has 1 aliphatic heterocycles. The number of imidazole rings is 1. The van der Waals surface area contributed by atoms with E-state index in [0.29, 0.717) is 29.7 Å². The number of para-hydroxylation sites is 2. The number of nitrogens with zero attached hydrogens (tertiary/aromatic N) is 2. The number of carboxylic acids is 2. The number of fused-ring (bicyclic) bond motifs is 1. The Labute approximate surface area is 197 Å². The number of piperidine rings is 1. The van der Waals surface area contributed by atoms with Crippen LogP contribution in [0.1, 0.15) is 35.9 Å². The van der Waals surface area contributed by atoms with Crippen molar-refractivity contribution in [2.45, 2.75) is 31.2 Å². The topological polar surface area (TPSA) is 116 Å². The summed E-state index contributed by atoms with van der Waals surface area (Å²) in [6, 6.07) is 9.62. The molecule has 12 heteroatoms. The summed E-state index contributed by atoms with van der Waals surface area (Å²) in [7, 11) is 2.00. The summed E-state index contributed by atoms with van der Waals surface area (Å²) in [6.45, 7) is 1.62. The quantitative estimate of drug-likeness (QED) is 0.368. The molecular formula is C23H23F4N3O5. The number of halogens is 4. The fourth-order valence-corrected chi connectivity index (χ4v) is 3.62. The maximum atomic E-state index is 14.7. The molecule has 0 amide bonds. The van der Waals surface area contributed by atoms with E-state index in [1.807, 2.05) is 19.2 Å². The highest BCUT2D eigenvalue weighted by Gasteiger charge is 2.34. The largest absolute Gasteiger partial charge is 0.473 e. The molecule has 1 unspecified atom stereocenters. The highest BCUT2D eigenvalue weighted by molar-refractivity contribution is 6.27. The first-order valence-corrected chi connectivity index (χ1v) is 10.6. The van der Waals surface area contributed by atoms with E-state index in [9.17, 15) is 17.6 Å². The normalized spacial score (nSPS) is 15.9. The van der Waals surface area contributed by atoms with Crippen LogP contribution in [0.25, 0.3) is 11.0 Å². The van der Waals surface area contributed by atoms with Crippen molar-refractivity contribution in [1.29, 1.82) is 0 Å². The highest BCUT2D eigenvalue weighted by Crippen LogP contribution is 2.36. The van der Waals surface area contributed by atoms with Crippen LogP contribution in [0.4, 0.5) is 17.6 Å². The minimum absolute atomic E-state index is 0.169. The zero-order valence-corrected chi connectivity index (χ0v) is 18.6. The summed E-state index contributed by atoms with van der Waals surface area (Å²) in [5.74, 6) is -4.11. The Hall–Kier alpha value is -3.51. The van der Waals surface area contributed by atoms with Crippen LogP contribution in [-0.4, -0.2) is 63.3 Å². The zero-order valence-electron chi connectivity index (χ0n) is 18.6. The number of aliphatic carboxylic acids is 2. The number of nitrogens with one attached hydrogen (secondary N) is 1. The fraction of sp³-hybridized carbons (Fsp3) is 0.348. The molecule has 1 fully saturated rings. The second-order valence-electron chi connectivity index (χ2n) is 8.00. The summed E-state index contributed by atoms with van der Waals surface area (Å²) in [4.78, 5) is 27.9. The van der Waals surface area contributed by atoms with Gasteiger partial charge in [0.05, 0.1) is 22.7 Å². The molecule has 4 rings (SSSR count). The van der Waals surface area contributed by atoms with Gasteiger partial charge in [-0.15, -0.1) is 0 Å². The van der Waals surface area contributed by atoms with Gasteiger partial charge in [0, 0.05) is 18.7 Å². The van der Waals surface area contributed by atoms with Crippen molar-refractivity contribution in [2.75, 3.05) is 20.1 Å². The first kappa shape index (κ1) is 26.1. The van der Waals surface area contributed by atoms with Gasteiger partial charge in [-0.2, -0.15) is 13.2 Å². The van der Waals surface area contributed by atoms with Gasteiger partial charge in [-0.25, -0.2) is 19.0 Å². The number of aromatic amines is 1. The lowest BCUT2D eigenvalue weighted by Crippen LogP contribution is -2.35. The van der Waals surface area contributed by atoms with E-state index in [2.05, 4.69) is 14.9 Å². The number of benzene rings is 2. The van der Waals surface area contributed by atoms with Crippen LogP contribution in [-0.2, 0) is 20.5 Å². The first-order valence-electron chi connectivity index (χ1n) is 10.6. The number of carboxylic acid groups (broad SMARTS) is 2. The molecular weight excluding hydrogens is 474 g/mol. The molecule has 0 saturated carbocycles. The first-order chi connectivity index (χ1) is 16.5. The van der Waals surface area contributed by atoms with Crippen LogP contribution in [0.5, 0.6) is 0 Å². The molecule has 1 atom stereocenters. The number of aromatic nitrogens is 2. The Morgan fingerprint density at radius 2 is 1.74 bits per heavy atom. The van der Waals surface area contributed by atoms with Crippen molar-refractivity contribution in [2.24, 2.45) is 0 Å². The maximum absolute atomic E-state index is 14.7. The molecule has 3 N–H and O–H groups in total. The molecule has 188 valence electrons. The van der Waals surface area contributed by atoms with E-state index in [1.54, 1.807) is 12.1 Å². The average molecular weight is 497 g/mol. The Balaban J connectivity index is 0.000000509. The third-order valence-corrected chi connectivity index (χ3v) is 5.44. The van der Waals surface area contributed by atoms with Crippen LogP contribution in [0, 0.1) is 5.82 Å². The number of H-pyrrole nitrogens is 1. The van der Waals surface area contributed by atoms with Crippen molar-refractivity contribution in [3.63, 3.8) is 0 Å². The minimum Gasteiger partial charge on any atom is -0.473 e. The summed E-state index contributed by atoms with van der Waals surface area (Å²) < 4.78 is 60.6. The standard InChI is InChI=1S/C21H21F4N3O.C2H2O4/c1-28-10-8-14(9-11-28)29-19(20-26-17-4-2-3-5-18(17)27-20)15-12-13(21(23,24)25)6-7-16(15)22;3-1(4)2(5)6/h2-7,12,14,19H,8-11H2,1H3,(H,26,27);(H,3,4)(H,5,6). The molecule has 0 aliphatic carbocycles. The van der Waals surface area contributed by atoms with Gasteiger partial charge in [-0.05, 0) is 50.2 Å². The molecule has 3 aromatic rings. The van der Waals surface area contributed by atoms with E-state index < -0.39 is 35.6 Å². The number of ether oxygens (including phenoxy) is 1. The molecule has 2 aromatic carbocycles. The SMILES string of the molecule is CN1CCC(OC(c2nc3ccccc3[nH]2)c2cc(C(F)(F)F)ccc2F)CC1.O=C(O)C(=O)O. The number of carbonyl (C=O) groups is 2. The van der Waals surface area contributed by atoms with Crippen LogP contribution in [0.3, 0.4) is 0 Å². The molecule has 0 spiro atoms. The molecule has 2 heterocycles. The monoisotopic (exact) mass is 497 g/mol. The summed E-state index contributed by atoms with van der Waals surface area (Å²) >= 11 is 0. The van der Waals surface area contributed by atoms with Crippen LogP contribution < -0.4 is 0 Å². The molecule has 0 radical (unpaired) electrons. The summed E-state index contributed by atoms with van der Waals surface area (Å²) in [6.07, 6.45) is -4.40. The van der Waals surface area contributed by atoms with Crippen molar-refractivity contribution in [3.05, 3.63) is 65.2 Å². The van der Waals surface area contributed by atoms with Gasteiger partial charge in [0.1, 0.15) is 17.7 Å². The van der Waals surface area contributed by atoms with E-state index in [0.717, 1.165) is 31.3 Å². The Morgan fingerprint density at radius 3 is 2.31 bits per heavy atom. The Bertz CT molecular complexity index is 1140. The van der Waals surface area contributed by atoms with Gasteiger partial charge in [-0.3, -0.25) is 0 Å². The summed E-state index contributed by atoms with van der Waals surface area (Å²) in [5.41, 5.74) is 0.276. The van der Waals surface area contributed by atoms with Crippen molar-refractivity contribution in [1.82, 2.24) is 14.9 Å². The number of rotatable bonds is 4. The van der Waals surface area contributed by atoms with Gasteiger partial charge in [0.25, 0.3) is 0 Å². The maximum Gasteiger partial charge on any atom is 0.416 e. The van der Waals surface area contributed by atoms with Crippen molar-refractivity contribution in [3.8, 4) is 0 Å². The lowest BCUT2D eigenvalue weighted by Gasteiger charge is -2.31. The highest BCUT2D eigenvalue weighted by atomic mass is 19.4. The van der Waals surface area contributed by atoms with Gasteiger partial charge in [0.15, 0.2) is 0 Å². The van der Waals surface area contributed by atoms with E-state index in [1.165, 1.54) is 0 Å². The zero-order chi connectivity index (χ0) is 25.8. The molecule has 1 aromatic heterocycles. The molecule has 35 heavy (non-hydrogen) atoms. The molecule has 8 nitrogen and oxygen atoms in total. The smallest absolute Gasteiger partial charge is 0.416 e. The molecule has 1 aliphatic rings. The van der Waals surface area contributed by atoms with Gasteiger partial charge in [-0.1, -0.05) is 12.1 Å². The predicted molar refractivity (Wildman–Crippen MR) is 116 cm³/mol.